The van der Waals surface area contributed by atoms with Gasteiger partial charge in [0.05, 0.1) is 5.69 Å². The van der Waals surface area contributed by atoms with Gasteiger partial charge in [0.2, 0.25) is 0 Å². The van der Waals surface area contributed by atoms with Gasteiger partial charge in [-0.1, -0.05) is 24.3 Å². The molecule has 5 rings (SSSR count). The van der Waals surface area contributed by atoms with Crippen LogP contribution in [0, 0.1) is 0 Å². The van der Waals surface area contributed by atoms with Crippen molar-refractivity contribution in [3.05, 3.63) is 46.6 Å². The highest BCUT2D eigenvalue weighted by Crippen LogP contribution is 2.41. The lowest BCUT2D eigenvalue weighted by atomic mass is 10.1. The molecule has 1 aromatic heterocycles. The Hall–Kier alpha value is -2.22. The second-order valence-corrected chi connectivity index (χ2v) is 8.74. The summed E-state index contributed by atoms with van der Waals surface area (Å²) in [4.78, 5) is 14.4. The van der Waals surface area contributed by atoms with E-state index in [1.54, 1.807) is 0 Å². The van der Waals surface area contributed by atoms with E-state index in [9.17, 15) is 0 Å². The third-order valence-corrected chi connectivity index (χ3v) is 6.84. The largest absolute Gasteiger partial charge is 0.462 e. The van der Waals surface area contributed by atoms with Crippen LogP contribution in [0.1, 0.15) is 47.7 Å². The second-order valence-electron chi connectivity index (χ2n) is 8.74. The van der Waals surface area contributed by atoms with Crippen molar-refractivity contribution >= 4 is 5.82 Å². The van der Waals surface area contributed by atoms with Crippen molar-refractivity contribution in [2.45, 2.75) is 50.9 Å². The molecule has 3 aliphatic rings. The number of hydrogen-bond acceptors (Lipinski definition) is 7. The van der Waals surface area contributed by atoms with Crippen LogP contribution in [0.3, 0.4) is 0 Å². The maximum atomic E-state index is 6.07. The van der Waals surface area contributed by atoms with E-state index in [2.05, 4.69) is 46.4 Å². The summed E-state index contributed by atoms with van der Waals surface area (Å²) in [6, 6.07) is 10.2. The molecule has 3 N–H and O–H groups in total. The topological polar surface area (TPSA) is 79.5 Å². The molecule has 7 heteroatoms. The lowest BCUT2D eigenvalue weighted by Crippen LogP contribution is -2.31. The Bertz CT molecular complexity index is 903. The summed E-state index contributed by atoms with van der Waals surface area (Å²) >= 11 is 0. The van der Waals surface area contributed by atoms with Crippen LogP contribution in [-0.2, 0) is 19.5 Å². The van der Waals surface area contributed by atoms with Crippen LogP contribution in [-0.4, -0.2) is 59.1 Å². The quantitative estimate of drug-likeness (QED) is 0.728. The maximum absolute atomic E-state index is 6.07. The zero-order chi connectivity index (χ0) is 20.5. The summed E-state index contributed by atoms with van der Waals surface area (Å²) < 4.78 is 6.07. The van der Waals surface area contributed by atoms with E-state index in [0.717, 1.165) is 37.6 Å². The smallest absolute Gasteiger partial charge is 0.318 e. The number of aromatic nitrogens is 2. The van der Waals surface area contributed by atoms with Gasteiger partial charge in [-0.3, -0.25) is 4.90 Å². The Kier molecular flexibility index (Phi) is 5.58. The number of hydrogen-bond donors (Lipinski definition) is 2. The molecule has 30 heavy (non-hydrogen) atoms. The first-order valence-corrected chi connectivity index (χ1v) is 11.2. The molecule has 3 heterocycles. The fraction of sp³-hybridized carbons (Fsp3) is 0.565. The standard InChI is InChI=1S/C23H32N6O/c1-28-12-4-6-17(28)15-30-23-26-20-14-29(13-19(20)22(27-23)25-11-10-24)21-9-8-16-5-2-3-7-18(16)21/h2-3,5,7,17,21H,4,6,8-15,24H2,1H3,(H,25,26,27)/t17-,21?/m0/s1. The van der Waals surface area contributed by atoms with Crippen molar-refractivity contribution < 1.29 is 4.74 Å². The summed E-state index contributed by atoms with van der Waals surface area (Å²) in [6.45, 7) is 4.76. The summed E-state index contributed by atoms with van der Waals surface area (Å²) in [5, 5.41) is 3.41. The fourth-order valence-corrected chi connectivity index (χ4v) is 5.15. The number of rotatable bonds is 7. The molecule has 1 aliphatic carbocycles. The first-order valence-electron chi connectivity index (χ1n) is 11.2. The number of nitrogens with two attached hydrogens (primary N) is 1. The zero-order valence-corrected chi connectivity index (χ0v) is 17.8. The summed E-state index contributed by atoms with van der Waals surface area (Å²) in [5.41, 5.74) is 11.0. The summed E-state index contributed by atoms with van der Waals surface area (Å²) in [6.07, 6.45) is 4.73. The van der Waals surface area contributed by atoms with E-state index in [1.807, 2.05) is 0 Å². The van der Waals surface area contributed by atoms with Crippen molar-refractivity contribution in [3.8, 4) is 6.01 Å². The van der Waals surface area contributed by atoms with Crippen LogP contribution in [0.5, 0.6) is 6.01 Å². The van der Waals surface area contributed by atoms with Gasteiger partial charge in [0.1, 0.15) is 12.4 Å². The monoisotopic (exact) mass is 408 g/mol. The number of nitrogens with zero attached hydrogens (tertiary/aromatic N) is 4. The number of ether oxygens (including phenoxy) is 1. The number of benzene rings is 1. The van der Waals surface area contributed by atoms with Gasteiger partial charge < -0.3 is 20.7 Å². The molecular weight excluding hydrogens is 376 g/mol. The highest BCUT2D eigenvalue weighted by Gasteiger charge is 2.34. The van der Waals surface area contributed by atoms with Crippen LogP contribution >= 0.6 is 0 Å². The first-order chi connectivity index (χ1) is 14.7. The Morgan fingerprint density at radius 1 is 1.20 bits per heavy atom. The molecule has 2 aromatic rings. The predicted molar refractivity (Wildman–Crippen MR) is 117 cm³/mol. The summed E-state index contributed by atoms with van der Waals surface area (Å²) in [7, 11) is 2.16. The van der Waals surface area contributed by atoms with Crippen LogP contribution in [0.15, 0.2) is 24.3 Å². The molecule has 1 saturated heterocycles. The van der Waals surface area contributed by atoms with Gasteiger partial charge in [0.15, 0.2) is 0 Å². The third kappa shape index (κ3) is 3.77. The SMILES string of the molecule is CN1CCC[C@H]1COc1nc2c(c(NCCN)n1)CN(C1CCc3ccccc31)C2. The molecule has 0 amide bonds. The number of nitrogens with one attached hydrogen (secondary N) is 1. The zero-order valence-electron chi connectivity index (χ0n) is 17.8. The highest BCUT2D eigenvalue weighted by atomic mass is 16.5. The van der Waals surface area contributed by atoms with Gasteiger partial charge in [-0.05, 0) is 50.4 Å². The Labute approximate surface area is 178 Å². The van der Waals surface area contributed by atoms with E-state index in [1.165, 1.54) is 36.0 Å². The third-order valence-electron chi connectivity index (χ3n) is 6.84. The molecule has 0 saturated carbocycles. The first kappa shape index (κ1) is 19.7. The molecule has 1 aromatic carbocycles. The van der Waals surface area contributed by atoms with Crippen molar-refractivity contribution in [2.75, 3.05) is 38.6 Å². The highest BCUT2D eigenvalue weighted by molar-refractivity contribution is 5.50. The minimum absolute atomic E-state index is 0.453. The number of likely N-dealkylation sites (N-methyl/N-ethyl adjacent to an activating group) is 1. The van der Waals surface area contributed by atoms with Gasteiger partial charge in [0, 0.05) is 43.8 Å². The van der Waals surface area contributed by atoms with Gasteiger partial charge in [0.25, 0.3) is 0 Å². The molecule has 1 unspecified atom stereocenters. The molecule has 160 valence electrons. The van der Waals surface area contributed by atoms with Crippen molar-refractivity contribution in [2.24, 2.45) is 5.73 Å². The molecule has 0 bridgehead atoms. The molecule has 0 spiro atoms. The van der Waals surface area contributed by atoms with Gasteiger partial charge in [-0.2, -0.15) is 9.97 Å². The Morgan fingerprint density at radius 3 is 2.93 bits per heavy atom. The fourth-order valence-electron chi connectivity index (χ4n) is 5.15. The summed E-state index contributed by atoms with van der Waals surface area (Å²) in [5.74, 6) is 0.883. The van der Waals surface area contributed by atoms with E-state index < -0.39 is 0 Å². The van der Waals surface area contributed by atoms with Gasteiger partial charge >= 0.3 is 6.01 Å². The minimum Gasteiger partial charge on any atom is -0.462 e. The van der Waals surface area contributed by atoms with Crippen LogP contribution in [0.2, 0.25) is 0 Å². The maximum Gasteiger partial charge on any atom is 0.318 e. The van der Waals surface area contributed by atoms with E-state index >= 15 is 0 Å². The number of aryl methyl sites for hydroxylation is 1. The Morgan fingerprint density at radius 2 is 2.10 bits per heavy atom. The van der Waals surface area contributed by atoms with E-state index in [4.69, 9.17) is 20.4 Å². The van der Waals surface area contributed by atoms with Crippen LogP contribution in [0.4, 0.5) is 5.82 Å². The number of anilines is 1. The minimum atomic E-state index is 0.453. The molecule has 2 atom stereocenters. The number of fused-ring (bicyclic) bond motifs is 2. The van der Waals surface area contributed by atoms with Crippen molar-refractivity contribution in [1.82, 2.24) is 19.8 Å². The van der Waals surface area contributed by atoms with Gasteiger partial charge in [-0.25, -0.2) is 0 Å². The lowest BCUT2D eigenvalue weighted by molar-refractivity contribution is 0.186. The predicted octanol–water partition coefficient (Wildman–Crippen LogP) is 2.32. The molecular formula is C23H32N6O. The van der Waals surface area contributed by atoms with E-state index in [0.29, 0.717) is 37.8 Å². The Balaban J connectivity index is 1.35. The van der Waals surface area contributed by atoms with Crippen molar-refractivity contribution in [1.29, 1.82) is 0 Å². The lowest BCUT2D eigenvalue weighted by Gasteiger charge is -2.24. The van der Waals surface area contributed by atoms with Crippen LogP contribution < -0.4 is 15.8 Å². The molecule has 7 nitrogen and oxygen atoms in total. The molecule has 2 aliphatic heterocycles. The van der Waals surface area contributed by atoms with Crippen molar-refractivity contribution in [3.63, 3.8) is 0 Å². The normalized spacial score (nSPS) is 23.5. The second kappa shape index (κ2) is 8.49. The molecule has 1 fully saturated rings. The average molecular weight is 409 g/mol. The van der Waals surface area contributed by atoms with E-state index in [-0.39, 0.29) is 0 Å². The van der Waals surface area contributed by atoms with Gasteiger partial charge in [-0.15, -0.1) is 0 Å². The van der Waals surface area contributed by atoms with Crippen LogP contribution in [0.25, 0.3) is 0 Å². The average Bonchev–Trinajstić information content (AvgIpc) is 3.48. The molecule has 0 radical (unpaired) electrons. The number of likely N-dealkylation sites (tertiary alicyclic amines) is 1.